The van der Waals surface area contributed by atoms with Crippen molar-refractivity contribution in [3.8, 4) is 0 Å². The van der Waals surface area contributed by atoms with Gasteiger partial charge in [-0.25, -0.2) is 4.79 Å². The highest BCUT2D eigenvalue weighted by atomic mass is 79.9. The van der Waals surface area contributed by atoms with Gasteiger partial charge < -0.3 is 53.7 Å². The first kappa shape index (κ1) is 46.4. The summed E-state index contributed by atoms with van der Waals surface area (Å²) in [5.41, 5.74) is 10.2. The zero-order valence-corrected chi connectivity index (χ0v) is 34.2. The molecular weight excluding hydrogens is 794 g/mol. The number of hydrogen-bond donors (Lipinski definition) is 3. The van der Waals surface area contributed by atoms with Crippen molar-refractivity contribution in [1.29, 1.82) is 0 Å². The number of hydrogen-bond acceptors (Lipinski definition) is 11. The van der Waals surface area contributed by atoms with Crippen molar-refractivity contribution in [2.24, 2.45) is 5.11 Å². The van der Waals surface area contributed by atoms with Crippen molar-refractivity contribution < 1.29 is 47.5 Å². The van der Waals surface area contributed by atoms with Crippen LogP contribution in [0.15, 0.2) is 41.5 Å². The van der Waals surface area contributed by atoms with Crippen molar-refractivity contribution >= 4 is 55.6 Å². The van der Waals surface area contributed by atoms with E-state index in [2.05, 4.69) is 46.5 Å². The summed E-state index contributed by atoms with van der Waals surface area (Å²) in [7, 11) is 0. The molecule has 0 bridgehead atoms. The first-order valence-electron chi connectivity index (χ1n) is 18.8. The standard InChI is InChI=1S/C38H56BrN7O10/c1-38(2,3)56-37(49)43-10-4-14-46-33-27-29(35(47)41-11-16-51-20-24-54-23-19-50-15-9-39)5-7-31(33)32-8-6-30(28-34(32)46)36(48)42-12-17-52-21-25-55-26-22-53-18-13-44-45-40/h5-8,27-28H,4,9-26H2,1-3H3,(H,41,47)(H,42,48)(H,43,49). The molecule has 0 fully saturated rings. The Hall–Kier alpha value is -4.00. The highest BCUT2D eigenvalue weighted by molar-refractivity contribution is 9.09. The third-order valence-corrected chi connectivity index (χ3v) is 8.11. The van der Waals surface area contributed by atoms with Gasteiger partial charge in [0, 0.05) is 75.9 Å². The fourth-order valence-corrected chi connectivity index (χ4v) is 5.56. The maximum Gasteiger partial charge on any atom is 0.407 e. The van der Waals surface area contributed by atoms with E-state index < -0.39 is 11.7 Å². The summed E-state index contributed by atoms with van der Waals surface area (Å²) in [6.45, 7) is 12.3. The molecule has 0 radical (unpaired) electrons. The summed E-state index contributed by atoms with van der Waals surface area (Å²) >= 11 is 3.31. The highest BCUT2D eigenvalue weighted by Crippen LogP contribution is 2.31. The third-order valence-electron chi connectivity index (χ3n) is 7.79. The number of ether oxygens (including phenoxy) is 7. The van der Waals surface area contributed by atoms with Crippen LogP contribution in [0, 0.1) is 0 Å². The van der Waals surface area contributed by atoms with Crippen LogP contribution in [0.3, 0.4) is 0 Å². The maximum absolute atomic E-state index is 13.2. The van der Waals surface area contributed by atoms with Crippen LogP contribution in [-0.4, -0.2) is 139 Å². The van der Waals surface area contributed by atoms with E-state index in [9.17, 15) is 14.4 Å². The van der Waals surface area contributed by atoms with E-state index in [0.717, 1.165) is 27.1 Å². The van der Waals surface area contributed by atoms with Gasteiger partial charge in [-0.3, -0.25) is 9.59 Å². The summed E-state index contributed by atoms with van der Waals surface area (Å²) in [6.07, 6.45) is 0.0765. The van der Waals surface area contributed by atoms with Crippen molar-refractivity contribution in [2.45, 2.75) is 39.3 Å². The van der Waals surface area contributed by atoms with E-state index in [1.54, 1.807) is 12.1 Å². The second kappa shape index (κ2) is 26.8. The number of alkyl halides is 1. The van der Waals surface area contributed by atoms with Crippen LogP contribution >= 0.6 is 15.9 Å². The number of nitrogens with one attached hydrogen (secondary N) is 3. The third kappa shape index (κ3) is 17.9. The number of carbonyl (C=O) groups excluding carboxylic acids is 3. The number of alkyl carbamates (subject to hydrolysis) is 1. The van der Waals surface area contributed by atoms with Gasteiger partial charge in [0.05, 0.1) is 79.3 Å². The minimum absolute atomic E-state index is 0.235. The molecule has 3 amide bonds. The lowest BCUT2D eigenvalue weighted by atomic mass is 10.1. The summed E-state index contributed by atoms with van der Waals surface area (Å²) in [5.74, 6) is -0.484. The van der Waals surface area contributed by atoms with Crippen LogP contribution < -0.4 is 16.0 Å². The Morgan fingerprint density at radius 1 is 0.679 bits per heavy atom. The van der Waals surface area contributed by atoms with E-state index >= 15 is 0 Å². The van der Waals surface area contributed by atoms with E-state index in [-0.39, 0.29) is 18.4 Å². The molecule has 1 aromatic heterocycles. The van der Waals surface area contributed by atoms with Gasteiger partial charge in [0.2, 0.25) is 0 Å². The quantitative estimate of drug-likeness (QED) is 0.0281. The Labute approximate surface area is 336 Å². The number of fused-ring (bicyclic) bond motifs is 3. The maximum atomic E-state index is 13.2. The highest BCUT2D eigenvalue weighted by Gasteiger charge is 2.18. The molecule has 0 aliphatic carbocycles. The molecule has 3 rings (SSSR count). The Kier molecular flexibility index (Phi) is 22.2. The summed E-state index contributed by atoms with van der Waals surface area (Å²) < 4.78 is 40.1. The molecule has 0 saturated heterocycles. The number of rotatable bonds is 29. The minimum atomic E-state index is -0.610. The first-order valence-corrected chi connectivity index (χ1v) is 19.9. The summed E-state index contributed by atoms with van der Waals surface area (Å²) in [4.78, 5) is 41.3. The zero-order valence-electron chi connectivity index (χ0n) is 32.6. The molecule has 0 atom stereocenters. The Morgan fingerprint density at radius 2 is 1.14 bits per heavy atom. The molecule has 0 saturated carbocycles. The predicted octanol–water partition coefficient (Wildman–Crippen LogP) is 4.97. The summed E-state index contributed by atoms with van der Waals surface area (Å²) in [6, 6.07) is 11.1. The molecule has 0 aliphatic rings. The number of aromatic nitrogens is 1. The van der Waals surface area contributed by atoms with Gasteiger partial charge >= 0.3 is 6.09 Å². The van der Waals surface area contributed by atoms with Crippen LogP contribution in [0.25, 0.3) is 32.2 Å². The SMILES string of the molecule is CC(C)(C)OC(=O)NCCCn1c2cc(C(=O)NCCOCCOCCOCCBr)ccc2c2ccc(C(=O)NCCOCCOCCOCCN=[N+]=[N-])cc21. The largest absolute Gasteiger partial charge is 0.444 e. The summed E-state index contributed by atoms with van der Waals surface area (Å²) in [5, 5.41) is 14.7. The van der Waals surface area contributed by atoms with Crippen LogP contribution in [0.1, 0.15) is 47.9 Å². The van der Waals surface area contributed by atoms with Gasteiger partial charge in [0.1, 0.15) is 5.60 Å². The van der Waals surface area contributed by atoms with E-state index in [1.165, 1.54) is 0 Å². The average molecular weight is 851 g/mol. The molecule has 2 aromatic carbocycles. The number of aryl methyl sites for hydroxylation is 1. The lowest BCUT2D eigenvalue weighted by Gasteiger charge is -2.19. The van der Waals surface area contributed by atoms with Crippen molar-refractivity contribution in [1.82, 2.24) is 20.5 Å². The van der Waals surface area contributed by atoms with Crippen molar-refractivity contribution in [2.75, 3.05) is 111 Å². The predicted molar refractivity (Wildman–Crippen MR) is 216 cm³/mol. The van der Waals surface area contributed by atoms with Crippen molar-refractivity contribution in [3.05, 3.63) is 58.0 Å². The Bertz CT molecular complexity index is 1690. The van der Waals surface area contributed by atoms with Crippen LogP contribution in [0.2, 0.25) is 0 Å². The van der Waals surface area contributed by atoms with Gasteiger partial charge in [0.15, 0.2) is 0 Å². The van der Waals surface area contributed by atoms with Gasteiger partial charge in [-0.05, 0) is 57.0 Å². The normalized spacial score (nSPS) is 11.4. The monoisotopic (exact) mass is 849 g/mol. The molecule has 3 N–H and O–H groups in total. The Morgan fingerprint density at radius 3 is 1.61 bits per heavy atom. The molecule has 0 aliphatic heterocycles. The van der Waals surface area contributed by atoms with Crippen LogP contribution in [0.4, 0.5) is 4.79 Å². The number of amides is 3. The number of nitrogens with zero attached hydrogens (tertiary/aromatic N) is 4. The lowest BCUT2D eigenvalue weighted by Crippen LogP contribution is -2.33. The van der Waals surface area contributed by atoms with Gasteiger partial charge in [-0.1, -0.05) is 33.2 Å². The fourth-order valence-electron chi connectivity index (χ4n) is 5.33. The number of azide groups is 1. The van der Waals surface area contributed by atoms with E-state index in [1.807, 2.05) is 45.0 Å². The molecule has 3 aromatic rings. The number of halogens is 1. The molecule has 310 valence electrons. The molecular formula is C38H56BrN7O10. The molecule has 1 heterocycles. The lowest BCUT2D eigenvalue weighted by molar-refractivity contribution is 0.0166. The molecule has 18 heteroatoms. The molecule has 0 spiro atoms. The topological polar surface area (TPSA) is 206 Å². The molecule has 56 heavy (non-hydrogen) atoms. The smallest absolute Gasteiger partial charge is 0.407 e. The Balaban J connectivity index is 1.58. The van der Waals surface area contributed by atoms with E-state index in [0.29, 0.717) is 123 Å². The number of carbonyl (C=O) groups is 3. The number of benzene rings is 2. The van der Waals surface area contributed by atoms with Crippen molar-refractivity contribution in [3.63, 3.8) is 0 Å². The van der Waals surface area contributed by atoms with E-state index in [4.69, 9.17) is 38.7 Å². The molecule has 0 unspecified atom stereocenters. The second-order valence-corrected chi connectivity index (χ2v) is 14.0. The molecule has 17 nitrogen and oxygen atoms in total. The van der Waals surface area contributed by atoms with Gasteiger partial charge in [-0.15, -0.1) is 0 Å². The van der Waals surface area contributed by atoms with Gasteiger partial charge in [0.25, 0.3) is 11.8 Å². The average Bonchev–Trinajstić information content (AvgIpc) is 3.48. The second-order valence-electron chi connectivity index (χ2n) is 13.2. The zero-order chi connectivity index (χ0) is 40.4. The van der Waals surface area contributed by atoms with Crippen LogP contribution in [-0.2, 0) is 39.7 Å². The first-order chi connectivity index (χ1) is 27.1. The van der Waals surface area contributed by atoms with Crippen LogP contribution in [0.5, 0.6) is 0 Å². The van der Waals surface area contributed by atoms with Gasteiger partial charge in [-0.2, -0.15) is 0 Å². The fraction of sp³-hybridized carbons (Fsp3) is 0.605. The minimum Gasteiger partial charge on any atom is -0.444 e.